The maximum atomic E-state index is 13.1. The average Bonchev–Trinajstić information content (AvgIpc) is 2.56. The number of amides is 2. The summed E-state index contributed by atoms with van der Waals surface area (Å²) in [6.45, 7) is 0.138. The summed E-state index contributed by atoms with van der Waals surface area (Å²) in [4.78, 5) is 13.9. The molecule has 0 spiro atoms. The van der Waals surface area contributed by atoms with Crippen LogP contribution in [0, 0.1) is 5.82 Å². The Kier molecular flexibility index (Phi) is 6.20. The second kappa shape index (κ2) is 8.18. The molecule has 0 aliphatic heterocycles. The van der Waals surface area contributed by atoms with Crippen molar-refractivity contribution in [2.45, 2.75) is 12.2 Å². The standard InChI is InChI=1S/C18H19F4N3O/c1-25(2)16(12-7-9-13(19)10-8-12)11-23-17(26)24-15-6-4-3-5-14(15)18(20,21)22/h3-10,16H,11H2,1-2H3,(H2,23,24,26). The van der Waals surface area contributed by atoms with E-state index in [9.17, 15) is 22.4 Å². The van der Waals surface area contributed by atoms with Crippen molar-refractivity contribution in [1.82, 2.24) is 10.2 Å². The van der Waals surface area contributed by atoms with Crippen molar-refractivity contribution in [2.75, 3.05) is 26.0 Å². The van der Waals surface area contributed by atoms with Crippen LogP contribution in [0.2, 0.25) is 0 Å². The quantitative estimate of drug-likeness (QED) is 0.773. The number of alkyl halides is 3. The fourth-order valence-corrected chi connectivity index (χ4v) is 2.48. The molecule has 1 unspecified atom stereocenters. The first-order valence-electron chi connectivity index (χ1n) is 7.81. The van der Waals surface area contributed by atoms with Crippen LogP contribution in [0.5, 0.6) is 0 Å². The first-order valence-corrected chi connectivity index (χ1v) is 7.81. The highest BCUT2D eigenvalue weighted by atomic mass is 19.4. The van der Waals surface area contributed by atoms with Crippen molar-refractivity contribution in [3.8, 4) is 0 Å². The smallest absolute Gasteiger partial charge is 0.336 e. The Labute approximate surface area is 148 Å². The number of halogens is 4. The zero-order valence-electron chi connectivity index (χ0n) is 14.3. The minimum atomic E-state index is -4.57. The molecule has 2 amide bonds. The molecule has 2 rings (SSSR count). The Bertz CT molecular complexity index is 745. The molecular weight excluding hydrogens is 350 g/mol. The highest BCUT2D eigenvalue weighted by Gasteiger charge is 2.33. The molecule has 8 heteroatoms. The van der Waals surface area contributed by atoms with Crippen LogP contribution >= 0.6 is 0 Å². The molecule has 2 aromatic rings. The van der Waals surface area contributed by atoms with Crippen molar-refractivity contribution >= 4 is 11.7 Å². The lowest BCUT2D eigenvalue weighted by Gasteiger charge is -2.25. The molecule has 0 saturated carbocycles. The monoisotopic (exact) mass is 369 g/mol. The van der Waals surface area contributed by atoms with E-state index in [1.807, 2.05) is 4.90 Å². The number of nitrogens with zero attached hydrogens (tertiary/aromatic N) is 1. The van der Waals surface area contributed by atoms with Crippen molar-refractivity contribution in [3.05, 3.63) is 65.5 Å². The minimum Gasteiger partial charge on any atom is -0.336 e. The van der Waals surface area contributed by atoms with Crippen molar-refractivity contribution in [3.63, 3.8) is 0 Å². The zero-order chi connectivity index (χ0) is 19.3. The van der Waals surface area contributed by atoms with E-state index in [-0.39, 0.29) is 24.1 Å². The number of nitrogens with one attached hydrogen (secondary N) is 2. The second-order valence-electron chi connectivity index (χ2n) is 5.91. The second-order valence-corrected chi connectivity index (χ2v) is 5.91. The van der Waals surface area contributed by atoms with Crippen LogP contribution in [-0.4, -0.2) is 31.6 Å². The molecule has 0 aliphatic rings. The van der Waals surface area contributed by atoms with Gasteiger partial charge in [-0.3, -0.25) is 0 Å². The van der Waals surface area contributed by atoms with Gasteiger partial charge in [-0.2, -0.15) is 13.2 Å². The third-order valence-electron chi connectivity index (χ3n) is 3.81. The van der Waals surface area contributed by atoms with Crippen LogP contribution in [0.25, 0.3) is 0 Å². The van der Waals surface area contributed by atoms with Gasteiger partial charge < -0.3 is 15.5 Å². The lowest BCUT2D eigenvalue weighted by Crippen LogP contribution is -2.37. The SMILES string of the molecule is CN(C)C(CNC(=O)Nc1ccccc1C(F)(F)F)c1ccc(F)cc1. The van der Waals surface area contributed by atoms with Gasteiger partial charge in [-0.1, -0.05) is 24.3 Å². The number of carbonyl (C=O) groups excluding carboxylic acids is 1. The van der Waals surface area contributed by atoms with Gasteiger partial charge in [-0.15, -0.1) is 0 Å². The highest BCUT2D eigenvalue weighted by Crippen LogP contribution is 2.34. The van der Waals surface area contributed by atoms with E-state index in [1.165, 1.54) is 30.3 Å². The number of hydrogen-bond donors (Lipinski definition) is 2. The number of para-hydroxylation sites is 1. The molecule has 140 valence electrons. The van der Waals surface area contributed by atoms with Crippen LogP contribution in [0.3, 0.4) is 0 Å². The Morgan fingerprint density at radius 3 is 2.27 bits per heavy atom. The summed E-state index contributed by atoms with van der Waals surface area (Å²) in [7, 11) is 3.57. The summed E-state index contributed by atoms with van der Waals surface area (Å²) in [5.74, 6) is -0.374. The number of anilines is 1. The first-order chi connectivity index (χ1) is 12.2. The number of carbonyl (C=O) groups is 1. The summed E-state index contributed by atoms with van der Waals surface area (Å²) >= 11 is 0. The molecule has 0 bridgehead atoms. The van der Waals surface area contributed by atoms with E-state index in [4.69, 9.17) is 0 Å². The third-order valence-corrected chi connectivity index (χ3v) is 3.81. The third kappa shape index (κ3) is 5.19. The Morgan fingerprint density at radius 1 is 1.08 bits per heavy atom. The molecule has 0 saturated heterocycles. The van der Waals surface area contributed by atoms with Crippen molar-refractivity contribution < 1.29 is 22.4 Å². The normalized spacial score (nSPS) is 12.7. The Morgan fingerprint density at radius 2 is 1.69 bits per heavy atom. The fourth-order valence-electron chi connectivity index (χ4n) is 2.48. The molecule has 1 atom stereocenters. The predicted molar refractivity (Wildman–Crippen MR) is 91.3 cm³/mol. The van der Waals surface area contributed by atoms with Crippen LogP contribution in [0.15, 0.2) is 48.5 Å². The van der Waals surface area contributed by atoms with Gasteiger partial charge in [0.25, 0.3) is 0 Å². The van der Waals surface area contributed by atoms with Crippen LogP contribution in [0.4, 0.5) is 28.0 Å². The molecule has 0 heterocycles. The largest absolute Gasteiger partial charge is 0.418 e. The van der Waals surface area contributed by atoms with Crippen LogP contribution in [-0.2, 0) is 6.18 Å². The average molecular weight is 369 g/mol. The molecule has 0 aliphatic carbocycles. The summed E-state index contributed by atoms with van der Waals surface area (Å²) in [5.41, 5.74) is -0.467. The van der Waals surface area contributed by atoms with E-state index in [0.29, 0.717) is 0 Å². The van der Waals surface area contributed by atoms with E-state index < -0.39 is 17.8 Å². The fraction of sp³-hybridized carbons (Fsp3) is 0.278. The minimum absolute atomic E-state index is 0.138. The van der Waals surface area contributed by atoms with Gasteiger partial charge in [-0.25, -0.2) is 9.18 Å². The number of likely N-dealkylation sites (N-methyl/N-ethyl adjacent to an activating group) is 1. The number of benzene rings is 2. The molecule has 4 nitrogen and oxygen atoms in total. The molecule has 26 heavy (non-hydrogen) atoms. The predicted octanol–water partition coefficient (Wildman–Crippen LogP) is 4.27. The van der Waals surface area contributed by atoms with Gasteiger partial charge in [0, 0.05) is 6.54 Å². The van der Waals surface area contributed by atoms with Gasteiger partial charge >= 0.3 is 12.2 Å². The maximum Gasteiger partial charge on any atom is 0.418 e. The van der Waals surface area contributed by atoms with Gasteiger partial charge in [0.2, 0.25) is 0 Å². The molecular formula is C18H19F4N3O. The van der Waals surface area contributed by atoms with Crippen molar-refractivity contribution in [1.29, 1.82) is 0 Å². The first kappa shape index (κ1) is 19.7. The van der Waals surface area contributed by atoms with Gasteiger partial charge in [-0.05, 0) is 43.9 Å². The van der Waals surface area contributed by atoms with E-state index in [0.717, 1.165) is 11.6 Å². The van der Waals surface area contributed by atoms with E-state index in [2.05, 4.69) is 10.6 Å². The summed E-state index contributed by atoms with van der Waals surface area (Å²) in [6, 6.07) is 9.54. The zero-order valence-corrected chi connectivity index (χ0v) is 14.3. The Hall–Kier alpha value is -2.61. The summed E-state index contributed by atoms with van der Waals surface area (Å²) in [6.07, 6.45) is -4.57. The van der Waals surface area contributed by atoms with Gasteiger partial charge in [0.1, 0.15) is 5.82 Å². The van der Waals surface area contributed by atoms with Gasteiger partial charge in [0.05, 0.1) is 17.3 Å². The lowest BCUT2D eigenvalue weighted by atomic mass is 10.1. The van der Waals surface area contributed by atoms with E-state index in [1.54, 1.807) is 26.2 Å². The van der Waals surface area contributed by atoms with Gasteiger partial charge in [0.15, 0.2) is 0 Å². The molecule has 0 radical (unpaired) electrons. The van der Waals surface area contributed by atoms with Crippen molar-refractivity contribution in [2.24, 2.45) is 0 Å². The number of rotatable bonds is 5. The topological polar surface area (TPSA) is 44.4 Å². The highest BCUT2D eigenvalue weighted by molar-refractivity contribution is 5.90. The molecule has 2 N–H and O–H groups in total. The Balaban J connectivity index is 2.05. The lowest BCUT2D eigenvalue weighted by molar-refractivity contribution is -0.136. The van der Waals surface area contributed by atoms with Crippen LogP contribution < -0.4 is 10.6 Å². The molecule has 0 fully saturated rings. The van der Waals surface area contributed by atoms with E-state index >= 15 is 0 Å². The summed E-state index contributed by atoms with van der Waals surface area (Å²) < 4.78 is 51.9. The summed E-state index contributed by atoms with van der Waals surface area (Å²) in [5, 5.41) is 4.77. The number of urea groups is 1. The molecule has 0 aromatic heterocycles. The van der Waals surface area contributed by atoms with Crippen LogP contribution in [0.1, 0.15) is 17.2 Å². The number of hydrogen-bond acceptors (Lipinski definition) is 2. The maximum absolute atomic E-state index is 13.1. The molecule has 2 aromatic carbocycles.